The number of carboxylic acid groups (broad SMARTS) is 1. The van der Waals surface area contributed by atoms with Crippen LogP contribution in [0.4, 0.5) is 4.79 Å². The van der Waals surface area contributed by atoms with E-state index in [2.05, 4.69) is 20.9 Å². The van der Waals surface area contributed by atoms with Gasteiger partial charge in [-0.25, -0.2) is 19.3 Å². The fraction of sp³-hybridized carbons (Fsp3) is 0.304. The van der Waals surface area contributed by atoms with Gasteiger partial charge in [0, 0.05) is 31.7 Å². The zero-order valence-corrected chi connectivity index (χ0v) is 17.1. The number of rotatable bonds is 6. The summed E-state index contributed by atoms with van der Waals surface area (Å²) in [4.78, 5) is 27.9. The van der Waals surface area contributed by atoms with E-state index in [-0.39, 0.29) is 6.04 Å². The Kier molecular flexibility index (Phi) is 5.21. The van der Waals surface area contributed by atoms with E-state index in [0.29, 0.717) is 23.4 Å². The van der Waals surface area contributed by atoms with Crippen LogP contribution in [0.25, 0.3) is 11.0 Å². The number of imidazole rings is 2. The number of hydrogen-bond donors (Lipinski definition) is 1. The number of nitrogens with zero attached hydrogens (tertiary/aromatic N) is 6. The van der Waals surface area contributed by atoms with Crippen molar-refractivity contribution in [1.29, 1.82) is 0 Å². The molecule has 1 atom stereocenters. The molecule has 31 heavy (non-hydrogen) atoms. The molecule has 0 fully saturated rings. The highest BCUT2D eigenvalue weighted by molar-refractivity contribution is 5.86. The maximum absolute atomic E-state index is 12.1. The molecule has 0 spiro atoms. The quantitative estimate of drug-likeness (QED) is 0.515. The normalized spacial score (nSPS) is 16.0. The molecule has 0 saturated carbocycles. The van der Waals surface area contributed by atoms with Crippen LogP contribution in [0.1, 0.15) is 36.0 Å². The number of pyridine rings is 1. The van der Waals surface area contributed by atoms with Crippen LogP contribution < -0.4 is 0 Å². The van der Waals surface area contributed by atoms with Crippen molar-refractivity contribution in [2.75, 3.05) is 6.54 Å². The smallest absolute Gasteiger partial charge is 0.417 e. The summed E-state index contributed by atoms with van der Waals surface area (Å²) < 4.78 is 3.34. The van der Waals surface area contributed by atoms with Crippen LogP contribution >= 0.6 is 0 Å². The summed E-state index contributed by atoms with van der Waals surface area (Å²) in [6.45, 7) is 1.92. The maximum atomic E-state index is 12.1. The summed E-state index contributed by atoms with van der Waals surface area (Å²) in [5, 5.41) is 9.89. The second-order valence-electron chi connectivity index (χ2n) is 7.86. The highest BCUT2D eigenvalue weighted by Crippen LogP contribution is 2.34. The molecule has 5 rings (SSSR count). The zero-order valence-electron chi connectivity index (χ0n) is 17.1. The molecule has 0 aliphatic heterocycles. The first-order chi connectivity index (χ1) is 15.2. The van der Waals surface area contributed by atoms with Crippen LogP contribution in [-0.4, -0.2) is 46.7 Å². The van der Waals surface area contributed by atoms with Crippen molar-refractivity contribution in [1.82, 2.24) is 29.0 Å². The number of para-hydroxylation sites is 2. The monoisotopic (exact) mass is 416 g/mol. The summed E-state index contributed by atoms with van der Waals surface area (Å²) in [5.74, 6) is 0.530. The van der Waals surface area contributed by atoms with Gasteiger partial charge in [0.1, 0.15) is 5.82 Å². The van der Waals surface area contributed by atoms with Crippen LogP contribution in [0, 0.1) is 0 Å². The van der Waals surface area contributed by atoms with Crippen LogP contribution in [0.15, 0.2) is 61.3 Å². The van der Waals surface area contributed by atoms with Crippen molar-refractivity contribution < 1.29 is 9.90 Å². The van der Waals surface area contributed by atoms with Crippen LogP contribution in [-0.2, 0) is 19.5 Å². The average molecular weight is 416 g/mol. The molecule has 1 aromatic carbocycles. The number of aromatic nitrogens is 5. The van der Waals surface area contributed by atoms with Crippen LogP contribution in [0.3, 0.4) is 0 Å². The van der Waals surface area contributed by atoms with Gasteiger partial charge in [0.15, 0.2) is 0 Å². The third-order valence-electron chi connectivity index (χ3n) is 5.98. The van der Waals surface area contributed by atoms with E-state index >= 15 is 0 Å². The molecule has 158 valence electrons. The summed E-state index contributed by atoms with van der Waals surface area (Å²) in [5.41, 5.74) is 3.67. The summed E-state index contributed by atoms with van der Waals surface area (Å²) in [6.07, 6.45) is 9.45. The molecule has 0 amide bonds. The third-order valence-corrected chi connectivity index (χ3v) is 5.98. The highest BCUT2D eigenvalue weighted by Gasteiger charge is 2.29. The predicted octanol–water partition coefficient (Wildman–Crippen LogP) is 3.73. The molecular weight excluding hydrogens is 392 g/mol. The molecule has 8 nitrogen and oxygen atoms in total. The van der Waals surface area contributed by atoms with E-state index in [0.717, 1.165) is 38.0 Å². The number of hydrogen-bond acceptors (Lipinski definition) is 5. The first kappa shape index (κ1) is 19.4. The molecule has 8 heteroatoms. The lowest BCUT2D eigenvalue weighted by Gasteiger charge is -2.34. The molecule has 1 unspecified atom stereocenters. The van der Waals surface area contributed by atoms with E-state index in [1.165, 1.54) is 10.1 Å². The van der Waals surface area contributed by atoms with E-state index in [1.54, 1.807) is 18.6 Å². The Bertz CT molecular complexity index is 1200. The summed E-state index contributed by atoms with van der Waals surface area (Å²) in [7, 11) is 0. The number of aryl methyl sites for hydroxylation is 1. The highest BCUT2D eigenvalue weighted by atomic mass is 16.4. The lowest BCUT2D eigenvalue weighted by Crippen LogP contribution is -2.35. The average Bonchev–Trinajstić information content (AvgIpc) is 3.43. The van der Waals surface area contributed by atoms with Crippen molar-refractivity contribution in [3.05, 3.63) is 78.4 Å². The minimum Gasteiger partial charge on any atom is -0.464 e. The number of carbonyl (C=O) groups is 1. The van der Waals surface area contributed by atoms with E-state index < -0.39 is 6.09 Å². The molecule has 0 saturated heterocycles. The molecular formula is C23H24N6O2. The Morgan fingerprint density at radius 3 is 2.94 bits per heavy atom. The maximum Gasteiger partial charge on any atom is 0.417 e. The van der Waals surface area contributed by atoms with Crippen molar-refractivity contribution in [2.24, 2.45) is 0 Å². The Morgan fingerprint density at radius 2 is 2.10 bits per heavy atom. The van der Waals surface area contributed by atoms with Gasteiger partial charge in [-0.2, -0.15) is 0 Å². The second-order valence-corrected chi connectivity index (χ2v) is 7.86. The summed E-state index contributed by atoms with van der Waals surface area (Å²) >= 11 is 0. The molecule has 1 N–H and O–H groups in total. The van der Waals surface area contributed by atoms with Gasteiger partial charge in [-0.15, -0.1) is 0 Å². The Balaban J connectivity index is 1.52. The molecule has 1 aliphatic carbocycles. The number of fused-ring (bicyclic) bond motifs is 2. The Hall–Kier alpha value is -3.52. The Labute approximate surface area is 179 Å². The Morgan fingerprint density at radius 1 is 1.19 bits per heavy atom. The standard InChI is InChI=1S/C23H24N6O2/c30-23(31)29-19-8-2-1-7-18(19)26-21(29)15-28(14-13-27-12-11-24-16-27)20-9-3-5-17-6-4-10-25-22(17)20/h1-2,4,6-8,10-12,16,20H,3,5,9,13-15H2,(H,30,31). The van der Waals surface area contributed by atoms with Crippen LogP contribution in [0.5, 0.6) is 0 Å². The topological polar surface area (TPSA) is 89.1 Å². The van der Waals surface area contributed by atoms with Gasteiger partial charge in [0.05, 0.1) is 35.6 Å². The fourth-order valence-electron chi connectivity index (χ4n) is 4.53. The molecule has 0 bridgehead atoms. The van der Waals surface area contributed by atoms with Gasteiger partial charge < -0.3 is 9.67 Å². The largest absolute Gasteiger partial charge is 0.464 e. The van der Waals surface area contributed by atoms with Crippen molar-refractivity contribution in [3.8, 4) is 0 Å². The fourth-order valence-corrected chi connectivity index (χ4v) is 4.53. The number of benzene rings is 1. The van der Waals surface area contributed by atoms with Gasteiger partial charge >= 0.3 is 6.09 Å². The molecule has 0 radical (unpaired) electrons. The first-order valence-corrected chi connectivity index (χ1v) is 10.5. The zero-order chi connectivity index (χ0) is 21.2. The molecule has 4 aromatic rings. The van der Waals surface area contributed by atoms with E-state index in [9.17, 15) is 9.90 Å². The van der Waals surface area contributed by atoms with Gasteiger partial charge in [0.25, 0.3) is 0 Å². The van der Waals surface area contributed by atoms with Gasteiger partial charge in [-0.05, 0) is 43.0 Å². The van der Waals surface area contributed by atoms with Crippen LogP contribution in [0.2, 0.25) is 0 Å². The van der Waals surface area contributed by atoms with Gasteiger partial charge in [-0.3, -0.25) is 9.88 Å². The molecule has 1 aliphatic rings. The van der Waals surface area contributed by atoms with Crippen molar-refractivity contribution >= 4 is 17.1 Å². The van der Waals surface area contributed by atoms with Gasteiger partial charge in [0.2, 0.25) is 0 Å². The summed E-state index contributed by atoms with van der Waals surface area (Å²) in [6, 6.07) is 11.6. The lowest BCUT2D eigenvalue weighted by atomic mass is 9.90. The van der Waals surface area contributed by atoms with Crippen molar-refractivity contribution in [2.45, 2.75) is 38.4 Å². The third kappa shape index (κ3) is 3.82. The van der Waals surface area contributed by atoms with E-state index in [4.69, 9.17) is 4.98 Å². The molecule has 3 heterocycles. The van der Waals surface area contributed by atoms with E-state index in [1.807, 2.05) is 41.2 Å². The predicted molar refractivity (Wildman–Crippen MR) is 116 cm³/mol. The first-order valence-electron chi connectivity index (χ1n) is 10.5. The van der Waals surface area contributed by atoms with Gasteiger partial charge in [-0.1, -0.05) is 18.2 Å². The van der Waals surface area contributed by atoms with Crippen molar-refractivity contribution in [3.63, 3.8) is 0 Å². The minimum atomic E-state index is -1.01. The SMILES string of the molecule is O=C(O)n1c(CN(CCn2ccnc2)C2CCCc3cccnc32)nc2ccccc21. The minimum absolute atomic E-state index is 0.121. The molecule has 3 aromatic heterocycles. The second kappa shape index (κ2) is 8.31. The lowest BCUT2D eigenvalue weighted by molar-refractivity contribution is 0.152.